The molecule has 0 saturated carbocycles. The number of aromatic nitrogens is 1. The minimum absolute atomic E-state index is 0.513. The molecule has 1 aromatic heterocycles. The smallest absolute Gasteiger partial charge is 0.218 e. The topological polar surface area (TPSA) is 67.2 Å². The molecule has 5 nitrogen and oxygen atoms in total. The summed E-state index contributed by atoms with van der Waals surface area (Å²) in [6.07, 6.45) is 1.68. The van der Waals surface area contributed by atoms with Crippen molar-refractivity contribution >= 4 is 5.69 Å². The molecule has 0 aliphatic rings. The zero-order valence-corrected chi connectivity index (χ0v) is 11.4. The van der Waals surface area contributed by atoms with Gasteiger partial charge in [-0.3, -0.25) is 0 Å². The van der Waals surface area contributed by atoms with Crippen LogP contribution in [0.1, 0.15) is 11.1 Å². The largest absolute Gasteiger partial charge is 0.497 e. The number of pyridine rings is 1. The summed E-state index contributed by atoms with van der Waals surface area (Å²) >= 11 is 0. The van der Waals surface area contributed by atoms with E-state index in [0.717, 1.165) is 11.3 Å². The number of nitrogens with zero attached hydrogens (tertiary/aromatic N) is 2. The Morgan fingerprint density at radius 3 is 2.80 bits per heavy atom. The number of methoxy groups -OCH3 is 2. The highest BCUT2D eigenvalue weighted by molar-refractivity contribution is 5.60. The number of nitriles is 1. The molecule has 0 aliphatic heterocycles. The van der Waals surface area contributed by atoms with Gasteiger partial charge in [-0.05, 0) is 18.2 Å². The second-order valence-electron chi connectivity index (χ2n) is 4.05. The highest BCUT2D eigenvalue weighted by Crippen LogP contribution is 2.23. The van der Waals surface area contributed by atoms with Crippen LogP contribution in [0.25, 0.3) is 0 Å². The van der Waals surface area contributed by atoms with Gasteiger partial charge >= 0.3 is 0 Å². The third kappa shape index (κ3) is 2.98. The van der Waals surface area contributed by atoms with E-state index in [0.29, 0.717) is 23.7 Å². The summed E-state index contributed by atoms with van der Waals surface area (Å²) in [6, 6.07) is 11.2. The summed E-state index contributed by atoms with van der Waals surface area (Å²) in [4.78, 5) is 4.13. The van der Waals surface area contributed by atoms with Crippen LogP contribution < -0.4 is 14.8 Å². The van der Waals surface area contributed by atoms with Gasteiger partial charge in [0.25, 0.3) is 0 Å². The molecule has 0 aliphatic carbocycles. The maximum Gasteiger partial charge on any atom is 0.218 e. The Kier molecular flexibility index (Phi) is 4.40. The standard InChI is InChI=1S/C15H15N3O2/c1-19-13-6-5-11(9-16)14(8-13)18-10-12-4-3-7-17-15(12)20-2/h3-8,18H,10H2,1-2H3. The van der Waals surface area contributed by atoms with Crippen LogP contribution >= 0.6 is 0 Å². The van der Waals surface area contributed by atoms with Gasteiger partial charge in [-0.25, -0.2) is 4.98 Å². The summed E-state index contributed by atoms with van der Waals surface area (Å²) in [7, 11) is 3.17. The lowest BCUT2D eigenvalue weighted by atomic mass is 10.1. The van der Waals surface area contributed by atoms with Crippen molar-refractivity contribution < 1.29 is 9.47 Å². The van der Waals surface area contributed by atoms with Crippen molar-refractivity contribution in [3.63, 3.8) is 0 Å². The number of benzene rings is 1. The van der Waals surface area contributed by atoms with E-state index >= 15 is 0 Å². The van der Waals surface area contributed by atoms with Gasteiger partial charge in [0.1, 0.15) is 11.8 Å². The maximum atomic E-state index is 9.11. The van der Waals surface area contributed by atoms with Crippen LogP contribution in [0.15, 0.2) is 36.5 Å². The summed E-state index contributed by atoms with van der Waals surface area (Å²) in [5.41, 5.74) is 2.20. The van der Waals surface area contributed by atoms with E-state index in [9.17, 15) is 0 Å². The van der Waals surface area contributed by atoms with Crippen LogP contribution in [0, 0.1) is 11.3 Å². The lowest BCUT2D eigenvalue weighted by molar-refractivity contribution is 0.393. The molecule has 2 rings (SSSR count). The molecule has 0 spiro atoms. The van der Waals surface area contributed by atoms with Crippen LogP contribution in [-0.4, -0.2) is 19.2 Å². The van der Waals surface area contributed by atoms with E-state index in [4.69, 9.17) is 14.7 Å². The van der Waals surface area contributed by atoms with Gasteiger partial charge < -0.3 is 14.8 Å². The predicted octanol–water partition coefficient (Wildman–Crippen LogP) is 2.58. The Hall–Kier alpha value is -2.74. The second-order valence-corrected chi connectivity index (χ2v) is 4.05. The fraction of sp³-hybridized carbons (Fsp3) is 0.200. The third-order valence-electron chi connectivity index (χ3n) is 2.86. The highest BCUT2D eigenvalue weighted by atomic mass is 16.5. The van der Waals surface area contributed by atoms with E-state index < -0.39 is 0 Å². The Morgan fingerprint density at radius 2 is 2.10 bits per heavy atom. The van der Waals surface area contributed by atoms with E-state index in [1.165, 1.54) is 0 Å². The molecule has 0 saturated heterocycles. The Balaban J connectivity index is 2.20. The molecule has 5 heteroatoms. The molecule has 0 fully saturated rings. The second kappa shape index (κ2) is 6.43. The fourth-order valence-corrected chi connectivity index (χ4v) is 1.83. The van der Waals surface area contributed by atoms with Crippen molar-refractivity contribution in [2.45, 2.75) is 6.54 Å². The predicted molar refractivity (Wildman–Crippen MR) is 75.8 cm³/mol. The van der Waals surface area contributed by atoms with Crippen LogP contribution in [-0.2, 0) is 6.54 Å². The molecule has 0 amide bonds. The van der Waals surface area contributed by atoms with E-state index in [1.54, 1.807) is 38.6 Å². The lowest BCUT2D eigenvalue weighted by Crippen LogP contribution is -2.04. The van der Waals surface area contributed by atoms with E-state index in [-0.39, 0.29) is 0 Å². The van der Waals surface area contributed by atoms with Gasteiger partial charge in [-0.15, -0.1) is 0 Å². The quantitative estimate of drug-likeness (QED) is 0.903. The highest BCUT2D eigenvalue weighted by Gasteiger charge is 2.07. The zero-order valence-electron chi connectivity index (χ0n) is 11.4. The van der Waals surface area contributed by atoms with Crippen LogP contribution in [0.3, 0.4) is 0 Å². The summed E-state index contributed by atoms with van der Waals surface area (Å²) < 4.78 is 10.4. The van der Waals surface area contributed by atoms with E-state index in [2.05, 4.69) is 16.4 Å². The molecule has 0 atom stereocenters. The van der Waals surface area contributed by atoms with Gasteiger partial charge in [-0.2, -0.15) is 5.26 Å². The molecule has 1 N–H and O–H groups in total. The van der Waals surface area contributed by atoms with Crippen molar-refractivity contribution in [1.82, 2.24) is 4.98 Å². The average molecular weight is 269 g/mol. The van der Waals surface area contributed by atoms with Gasteiger partial charge in [0, 0.05) is 24.4 Å². The van der Waals surface area contributed by atoms with Crippen molar-refractivity contribution in [2.75, 3.05) is 19.5 Å². The van der Waals surface area contributed by atoms with Crippen molar-refractivity contribution in [3.8, 4) is 17.7 Å². The SMILES string of the molecule is COc1ccc(C#N)c(NCc2cccnc2OC)c1. The Bertz CT molecular complexity index is 635. The summed E-state index contributed by atoms with van der Waals surface area (Å²) in [5.74, 6) is 1.27. The van der Waals surface area contributed by atoms with Crippen molar-refractivity contribution in [2.24, 2.45) is 0 Å². The molecule has 102 valence electrons. The lowest BCUT2D eigenvalue weighted by Gasteiger charge is -2.11. The van der Waals surface area contributed by atoms with Crippen molar-refractivity contribution in [3.05, 3.63) is 47.7 Å². The first kappa shape index (κ1) is 13.7. The van der Waals surface area contributed by atoms with Crippen LogP contribution in [0.5, 0.6) is 11.6 Å². The molecule has 0 unspecified atom stereocenters. The Labute approximate surface area is 117 Å². The van der Waals surface area contributed by atoms with Gasteiger partial charge in [-0.1, -0.05) is 6.07 Å². The maximum absolute atomic E-state index is 9.11. The zero-order chi connectivity index (χ0) is 14.4. The summed E-state index contributed by atoms with van der Waals surface area (Å²) in [5, 5.41) is 12.3. The first-order chi connectivity index (χ1) is 9.78. The minimum Gasteiger partial charge on any atom is -0.497 e. The first-order valence-electron chi connectivity index (χ1n) is 6.08. The van der Waals surface area contributed by atoms with Gasteiger partial charge in [0.05, 0.1) is 25.5 Å². The number of hydrogen-bond donors (Lipinski definition) is 1. The van der Waals surface area contributed by atoms with E-state index in [1.807, 2.05) is 12.1 Å². The molecule has 1 heterocycles. The molecule has 0 bridgehead atoms. The normalized spacial score (nSPS) is 9.65. The monoisotopic (exact) mass is 269 g/mol. The molecule has 2 aromatic rings. The number of rotatable bonds is 5. The number of ether oxygens (including phenoxy) is 2. The van der Waals surface area contributed by atoms with Crippen molar-refractivity contribution in [1.29, 1.82) is 5.26 Å². The number of hydrogen-bond acceptors (Lipinski definition) is 5. The molecular formula is C15H15N3O2. The number of nitrogens with one attached hydrogen (secondary N) is 1. The average Bonchev–Trinajstić information content (AvgIpc) is 2.52. The number of anilines is 1. The first-order valence-corrected chi connectivity index (χ1v) is 6.08. The molecule has 1 aromatic carbocycles. The van der Waals surface area contributed by atoms with Gasteiger partial charge in [0.15, 0.2) is 0 Å². The minimum atomic E-state index is 0.513. The molecule has 0 radical (unpaired) electrons. The van der Waals surface area contributed by atoms with Crippen LogP contribution in [0.2, 0.25) is 0 Å². The van der Waals surface area contributed by atoms with Gasteiger partial charge in [0.2, 0.25) is 5.88 Å². The fourth-order valence-electron chi connectivity index (χ4n) is 1.83. The third-order valence-corrected chi connectivity index (χ3v) is 2.86. The molecular weight excluding hydrogens is 254 g/mol. The molecule has 20 heavy (non-hydrogen) atoms. The summed E-state index contributed by atoms with van der Waals surface area (Å²) in [6.45, 7) is 0.513. The van der Waals surface area contributed by atoms with Crippen LogP contribution in [0.4, 0.5) is 5.69 Å². The Morgan fingerprint density at radius 1 is 1.25 bits per heavy atom.